The molecule has 2 rings (SSSR count). The van der Waals surface area contributed by atoms with Crippen molar-refractivity contribution in [2.24, 2.45) is 0 Å². The van der Waals surface area contributed by atoms with Gasteiger partial charge in [-0.25, -0.2) is 0 Å². The van der Waals surface area contributed by atoms with Crippen molar-refractivity contribution < 1.29 is 14.3 Å². The number of nitrogens with zero attached hydrogens (tertiary/aromatic N) is 1. The normalized spacial score (nSPS) is 18.0. The molecule has 6 heteroatoms. The smallest absolute Gasteiger partial charge is 0.165 e. The van der Waals surface area contributed by atoms with Gasteiger partial charge in [0.25, 0.3) is 0 Å². The van der Waals surface area contributed by atoms with E-state index in [1.807, 2.05) is 26.8 Å². The molecule has 1 aromatic heterocycles. The second kappa shape index (κ2) is 8.35. The van der Waals surface area contributed by atoms with Crippen molar-refractivity contribution in [3.63, 3.8) is 0 Å². The summed E-state index contributed by atoms with van der Waals surface area (Å²) in [5.74, 6) is 0.753. The molecule has 0 radical (unpaired) electrons. The molecule has 0 bridgehead atoms. The first-order valence-electron chi connectivity index (χ1n) is 8.33. The summed E-state index contributed by atoms with van der Waals surface area (Å²) in [4.78, 5) is 9.94. The van der Waals surface area contributed by atoms with Crippen LogP contribution in [0.2, 0.25) is 0 Å². The van der Waals surface area contributed by atoms with Crippen LogP contribution in [0, 0.1) is 0 Å². The van der Waals surface area contributed by atoms with Crippen molar-refractivity contribution in [1.29, 1.82) is 0 Å². The zero-order valence-electron chi connectivity index (χ0n) is 15.3. The lowest BCUT2D eigenvalue weighted by molar-refractivity contribution is -0.0597. The van der Waals surface area contributed by atoms with E-state index >= 15 is 0 Å². The van der Waals surface area contributed by atoms with Gasteiger partial charge in [0.1, 0.15) is 5.69 Å². The highest BCUT2D eigenvalue weighted by Crippen LogP contribution is 2.30. The number of allylic oxidation sites excluding steroid dienone is 1. The average Bonchev–Trinajstić information content (AvgIpc) is 2.54. The van der Waals surface area contributed by atoms with Gasteiger partial charge in [-0.15, -0.1) is 0 Å². The molecule has 1 unspecified atom stereocenters. The summed E-state index contributed by atoms with van der Waals surface area (Å²) in [6.07, 6.45) is 6.88. The molecule has 6 nitrogen and oxygen atoms in total. The van der Waals surface area contributed by atoms with E-state index in [0.29, 0.717) is 12.6 Å². The summed E-state index contributed by atoms with van der Waals surface area (Å²) >= 11 is 0. The quantitative estimate of drug-likeness (QED) is 0.745. The maximum absolute atomic E-state index is 5.62. The maximum atomic E-state index is 5.62. The molecular weight excluding hydrogens is 306 g/mol. The van der Waals surface area contributed by atoms with Crippen LogP contribution in [0.1, 0.15) is 45.7 Å². The fourth-order valence-electron chi connectivity index (χ4n) is 2.57. The third-order valence-corrected chi connectivity index (χ3v) is 3.72. The number of hydrogen-bond donors (Lipinski definition) is 2. The van der Waals surface area contributed by atoms with Crippen LogP contribution >= 0.6 is 0 Å². The number of rotatable bonds is 7. The molecule has 0 spiro atoms. The summed E-state index contributed by atoms with van der Waals surface area (Å²) in [5.41, 5.74) is 5.79. The Bertz CT molecular complexity index is 567. The minimum absolute atomic E-state index is 0.196. The third-order valence-electron chi connectivity index (χ3n) is 3.72. The van der Waals surface area contributed by atoms with Gasteiger partial charge in [-0.3, -0.25) is 15.3 Å². The molecule has 2 N–H and O–H groups in total. The monoisotopic (exact) mass is 335 g/mol. The Hall–Kier alpha value is -1.79. The Morgan fingerprint density at radius 3 is 2.67 bits per heavy atom. The fraction of sp³-hybridized carbons (Fsp3) is 0.611. The van der Waals surface area contributed by atoms with Gasteiger partial charge in [0.05, 0.1) is 25.0 Å². The lowest BCUT2D eigenvalue weighted by Crippen LogP contribution is -2.31. The molecule has 1 atom stereocenters. The number of ether oxygens (including phenoxy) is 2. The van der Waals surface area contributed by atoms with Gasteiger partial charge in [0.15, 0.2) is 5.75 Å². The number of methoxy groups -OCH3 is 2. The van der Waals surface area contributed by atoms with Crippen LogP contribution in [0.5, 0.6) is 5.75 Å². The van der Waals surface area contributed by atoms with E-state index in [0.717, 1.165) is 42.1 Å². The van der Waals surface area contributed by atoms with E-state index in [9.17, 15) is 0 Å². The van der Waals surface area contributed by atoms with Crippen LogP contribution in [-0.4, -0.2) is 30.8 Å². The molecule has 1 aromatic rings. The van der Waals surface area contributed by atoms with Crippen LogP contribution in [-0.2, 0) is 16.2 Å². The zero-order chi connectivity index (χ0) is 17.6. The van der Waals surface area contributed by atoms with Gasteiger partial charge < -0.3 is 14.8 Å². The molecule has 0 saturated carbocycles. The Morgan fingerprint density at radius 1 is 1.29 bits per heavy atom. The van der Waals surface area contributed by atoms with E-state index in [-0.39, 0.29) is 5.60 Å². The molecule has 1 heterocycles. The SMILES string of the molecule is COCc1nccc(NC2CC=C(NOC(C)(C)C)CC2)c1OC. The highest BCUT2D eigenvalue weighted by atomic mass is 16.7. The minimum Gasteiger partial charge on any atom is -0.493 e. The Kier molecular flexibility index (Phi) is 6.45. The molecule has 0 aromatic carbocycles. The van der Waals surface area contributed by atoms with E-state index in [2.05, 4.69) is 21.9 Å². The van der Waals surface area contributed by atoms with Gasteiger partial charge in [0.2, 0.25) is 0 Å². The van der Waals surface area contributed by atoms with E-state index < -0.39 is 0 Å². The second-order valence-electron chi connectivity index (χ2n) is 6.93. The van der Waals surface area contributed by atoms with Crippen molar-refractivity contribution in [3.05, 3.63) is 29.7 Å². The standard InChI is InChI=1S/C18H29N3O3/c1-18(2,3)24-21-14-8-6-13(7-9-14)20-15-10-11-19-16(12-22-4)17(15)23-5/h8,10-11,13,21H,6-7,9,12H2,1-5H3,(H,19,20). The molecule has 1 aliphatic carbocycles. The number of hydroxylamine groups is 1. The second-order valence-corrected chi connectivity index (χ2v) is 6.93. The first-order chi connectivity index (χ1) is 11.4. The molecule has 0 aliphatic heterocycles. The predicted molar refractivity (Wildman–Crippen MR) is 94.8 cm³/mol. The largest absolute Gasteiger partial charge is 0.493 e. The lowest BCUT2D eigenvalue weighted by atomic mass is 9.99. The number of nitrogens with one attached hydrogen (secondary N) is 2. The summed E-state index contributed by atoms with van der Waals surface area (Å²) in [5, 5.41) is 3.56. The predicted octanol–water partition coefficient (Wildman–Crippen LogP) is 3.40. The number of hydrogen-bond acceptors (Lipinski definition) is 6. The molecule has 24 heavy (non-hydrogen) atoms. The van der Waals surface area contributed by atoms with Crippen LogP contribution in [0.15, 0.2) is 24.0 Å². The molecule has 1 aliphatic rings. The molecule has 0 fully saturated rings. The number of anilines is 1. The summed E-state index contributed by atoms with van der Waals surface area (Å²) in [7, 11) is 3.31. The minimum atomic E-state index is -0.196. The lowest BCUT2D eigenvalue weighted by Gasteiger charge is -2.27. The van der Waals surface area contributed by atoms with Crippen molar-refractivity contribution in [2.45, 2.75) is 58.3 Å². The Labute approximate surface area is 144 Å². The van der Waals surface area contributed by atoms with E-state index in [1.165, 1.54) is 0 Å². The van der Waals surface area contributed by atoms with Crippen molar-refractivity contribution in [1.82, 2.24) is 10.5 Å². The topological polar surface area (TPSA) is 64.6 Å². The molecular formula is C18H29N3O3. The van der Waals surface area contributed by atoms with Gasteiger partial charge in [-0.2, -0.15) is 0 Å². The number of pyridine rings is 1. The highest BCUT2D eigenvalue weighted by Gasteiger charge is 2.19. The highest BCUT2D eigenvalue weighted by molar-refractivity contribution is 5.58. The van der Waals surface area contributed by atoms with E-state index in [1.54, 1.807) is 20.4 Å². The van der Waals surface area contributed by atoms with Gasteiger partial charge in [-0.1, -0.05) is 6.08 Å². The van der Waals surface area contributed by atoms with Crippen LogP contribution in [0.25, 0.3) is 0 Å². The van der Waals surface area contributed by atoms with Crippen LogP contribution in [0.4, 0.5) is 5.69 Å². The van der Waals surface area contributed by atoms with Crippen molar-refractivity contribution >= 4 is 5.69 Å². The van der Waals surface area contributed by atoms with Crippen molar-refractivity contribution in [2.75, 3.05) is 19.5 Å². The molecule has 0 amide bonds. The number of aromatic nitrogens is 1. The zero-order valence-corrected chi connectivity index (χ0v) is 15.3. The summed E-state index contributed by atoms with van der Waals surface area (Å²) in [6.45, 7) is 6.52. The molecule has 134 valence electrons. The molecule has 0 saturated heterocycles. The first kappa shape index (κ1) is 18.5. The van der Waals surface area contributed by atoms with Gasteiger partial charge in [0, 0.05) is 25.0 Å². The first-order valence-corrected chi connectivity index (χ1v) is 8.33. The van der Waals surface area contributed by atoms with Crippen molar-refractivity contribution in [3.8, 4) is 5.75 Å². The fourth-order valence-corrected chi connectivity index (χ4v) is 2.57. The van der Waals surface area contributed by atoms with Crippen LogP contribution < -0.4 is 15.5 Å². The summed E-state index contributed by atoms with van der Waals surface area (Å²) < 4.78 is 10.7. The Balaban J connectivity index is 1.96. The van der Waals surface area contributed by atoms with Gasteiger partial charge in [-0.05, 0) is 46.1 Å². The van der Waals surface area contributed by atoms with E-state index in [4.69, 9.17) is 14.3 Å². The maximum Gasteiger partial charge on any atom is 0.165 e. The van der Waals surface area contributed by atoms with Gasteiger partial charge >= 0.3 is 0 Å². The average molecular weight is 335 g/mol. The summed E-state index contributed by atoms with van der Waals surface area (Å²) in [6, 6.07) is 2.30. The van der Waals surface area contributed by atoms with Crippen LogP contribution in [0.3, 0.4) is 0 Å². The third kappa shape index (κ3) is 5.39. The Morgan fingerprint density at radius 2 is 2.08 bits per heavy atom.